The highest BCUT2D eigenvalue weighted by Gasteiger charge is 2.32. The molecule has 1 aliphatic carbocycles. The van der Waals surface area contributed by atoms with Gasteiger partial charge in [0.15, 0.2) is 0 Å². The molecule has 0 aromatic heterocycles. The number of nitrogens with one attached hydrogen (secondary N) is 1. The van der Waals surface area contributed by atoms with Gasteiger partial charge in [0.1, 0.15) is 5.75 Å². The minimum absolute atomic E-state index is 0.0209. The summed E-state index contributed by atoms with van der Waals surface area (Å²) in [5, 5.41) is 2.96. The van der Waals surface area contributed by atoms with Crippen molar-refractivity contribution in [2.24, 2.45) is 11.8 Å². The molecule has 1 aromatic carbocycles. The van der Waals surface area contributed by atoms with E-state index in [1.165, 1.54) is 6.42 Å². The molecule has 2 rings (SSSR count). The molecule has 0 saturated heterocycles. The molecule has 4 heteroatoms. The van der Waals surface area contributed by atoms with E-state index < -0.39 is 0 Å². The van der Waals surface area contributed by atoms with Crippen molar-refractivity contribution in [3.05, 3.63) is 28.2 Å². The quantitative estimate of drug-likeness (QED) is 0.928. The third-order valence-corrected chi connectivity index (χ3v) is 3.83. The van der Waals surface area contributed by atoms with E-state index in [0.717, 1.165) is 22.7 Å². The molecule has 2 atom stereocenters. The summed E-state index contributed by atoms with van der Waals surface area (Å²) >= 11 is 3.37. The second-order valence-corrected chi connectivity index (χ2v) is 5.39. The van der Waals surface area contributed by atoms with Gasteiger partial charge in [-0.2, -0.15) is 0 Å². The number of halogens is 1. The van der Waals surface area contributed by atoms with Crippen LogP contribution in [0.5, 0.6) is 5.75 Å². The van der Waals surface area contributed by atoms with Crippen molar-refractivity contribution in [2.45, 2.75) is 13.3 Å². The Bertz CT molecular complexity index is 433. The van der Waals surface area contributed by atoms with Crippen LogP contribution in [-0.4, -0.2) is 19.6 Å². The molecular formula is C13H16BrNO2. The van der Waals surface area contributed by atoms with Crippen LogP contribution >= 0.6 is 15.9 Å². The SMILES string of the molecule is COc1ccc(C(=O)NCC2CC2C)cc1Br. The number of carbonyl (C=O) groups is 1. The fourth-order valence-electron chi connectivity index (χ4n) is 1.82. The Morgan fingerprint density at radius 2 is 2.29 bits per heavy atom. The second kappa shape index (κ2) is 5.08. The molecule has 0 radical (unpaired) electrons. The van der Waals surface area contributed by atoms with Gasteiger partial charge in [0, 0.05) is 12.1 Å². The van der Waals surface area contributed by atoms with Crippen molar-refractivity contribution in [2.75, 3.05) is 13.7 Å². The maximum Gasteiger partial charge on any atom is 0.251 e. The van der Waals surface area contributed by atoms with Crippen molar-refractivity contribution in [1.82, 2.24) is 5.32 Å². The van der Waals surface area contributed by atoms with E-state index in [1.54, 1.807) is 25.3 Å². The first-order valence-electron chi connectivity index (χ1n) is 5.73. The van der Waals surface area contributed by atoms with Crippen LogP contribution in [0.4, 0.5) is 0 Å². The van der Waals surface area contributed by atoms with E-state index >= 15 is 0 Å². The molecule has 0 spiro atoms. The number of ether oxygens (including phenoxy) is 1. The number of benzene rings is 1. The number of methoxy groups -OCH3 is 1. The minimum atomic E-state index is -0.0209. The third kappa shape index (κ3) is 3.00. The Morgan fingerprint density at radius 3 is 2.82 bits per heavy atom. The van der Waals surface area contributed by atoms with Crippen molar-refractivity contribution in [3.8, 4) is 5.75 Å². The van der Waals surface area contributed by atoms with E-state index in [-0.39, 0.29) is 5.91 Å². The number of hydrogen-bond donors (Lipinski definition) is 1. The maximum atomic E-state index is 11.9. The molecule has 1 N–H and O–H groups in total. The van der Waals surface area contributed by atoms with Gasteiger partial charge in [0.25, 0.3) is 5.91 Å². The lowest BCUT2D eigenvalue weighted by Gasteiger charge is -2.07. The average Bonchev–Trinajstić information content (AvgIpc) is 3.02. The Kier molecular flexibility index (Phi) is 3.72. The summed E-state index contributed by atoms with van der Waals surface area (Å²) in [6.07, 6.45) is 1.23. The van der Waals surface area contributed by atoms with Crippen LogP contribution in [0, 0.1) is 11.8 Å². The topological polar surface area (TPSA) is 38.3 Å². The zero-order chi connectivity index (χ0) is 12.4. The van der Waals surface area contributed by atoms with Gasteiger partial charge in [0.05, 0.1) is 11.6 Å². The van der Waals surface area contributed by atoms with Gasteiger partial charge < -0.3 is 10.1 Å². The van der Waals surface area contributed by atoms with Gasteiger partial charge in [-0.25, -0.2) is 0 Å². The zero-order valence-electron chi connectivity index (χ0n) is 10.00. The Labute approximate surface area is 110 Å². The number of amides is 1. The van der Waals surface area contributed by atoms with Crippen LogP contribution in [0.3, 0.4) is 0 Å². The molecule has 92 valence electrons. The Hall–Kier alpha value is -1.03. The Morgan fingerprint density at radius 1 is 1.59 bits per heavy atom. The highest BCUT2D eigenvalue weighted by atomic mass is 79.9. The molecule has 0 bridgehead atoms. The predicted molar refractivity (Wildman–Crippen MR) is 70.3 cm³/mol. The summed E-state index contributed by atoms with van der Waals surface area (Å²) in [5.41, 5.74) is 0.658. The molecule has 2 unspecified atom stereocenters. The lowest BCUT2D eigenvalue weighted by molar-refractivity contribution is 0.0951. The average molecular weight is 298 g/mol. The highest BCUT2D eigenvalue weighted by molar-refractivity contribution is 9.10. The number of rotatable bonds is 4. The highest BCUT2D eigenvalue weighted by Crippen LogP contribution is 2.36. The van der Waals surface area contributed by atoms with E-state index in [0.29, 0.717) is 11.5 Å². The maximum absolute atomic E-state index is 11.9. The van der Waals surface area contributed by atoms with Gasteiger partial charge in [-0.05, 0) is 52.4 Å². The van der Waals surface area contributed by atoms with Gasteiger partial charge in [-0.1, -0.05) is 6.92 Å². The molecule has 1 aliphatic rings. The van der Waals surface area contributed by atoms with E-state index in [4.69, 9.17) is 4.74 Å². The van der Waals surface area contributed by atoms with Gasteiger partial charge in [-0.3, -0.25) is 4.79 Å². The van der Waals surface area contributed by atoms with Crippen LogP contribution in [0.1, 0.15) is 23.7 Å². The first-order valence-corrected chi connectivity index (χ1v) is 6.53. The number of carbonyl (C=O) groups excluding carboxylic acids is 1. The van der Waals surface area contributed by atoms with Gasteiger partial charge in [-0.15, -0.1) is 0 Å². The van der Waals surface area contributed by atoms with Crippen molar-refractivity contribution >= 4 is 21.8 Å². The molecular weight excluding hydrogens is 282 g/mol. The third-order valence-electron chi connectivity index (χ3n) is 3.21. The standard InChI is InChI=1S/C13H16BrNO2/c1-8-5-10(8)7-15-13(16)9-3-4-12(17-2)11(14)6-9/h3-4,6,8,10H,5,7H2,1-2H3,(H,15,16). The first kappa shape index (κ1) is 12.4. The minimum Gasteiger partial charge on any atom is -0.496 e. The summed E-state index contributed by atoms with van der Waals surface area (Å²) in [5.74, 6) is 2.14. The van der Waals surface area contributed by atoms with Crippen LogP contribution in [-0.2, 0) is 0 Å². The molecule has 1 aromatic rings. The van der Waals surface area contributed by atoms with Crippen LogP contribution in [0.15, 0.2) is 22.7 Å². The lowest BCUT2D eigenvalue weighted by atomic mass is 10.2. The molecule has 1 saturated carbocycles. The fourth-order valence-corrected chi connectivity index (χ4v) is 2.36. The summed E-state index contributed by atoms with van der Waals surface area (Å²) in [4.78, 5) is 11.9. The molecule has 3 nitrogen and oxygen atoms in total. The fraction of sp³-hybridized carbons (Fsp3) is 0.462. The molecule has 1 amide bonds. The summed E-state index contributed by atoms with van der Waals surface area (Å²) in [6.45, 7) is 2.99. The summed E-state index contributed by atoms with van der Waals surface area (Å²) < 4.78 is 5.92. The van der Waals surface area contributed by atoms with Crippen LogP contribution in [0.2, 0.25) is 0 Å². The molecule has 0 heterocycles. The lowest BCUT2D eigenvalue weighted by Crippen LogP contribution is -2.25. The zero-order valence-corrected chi connectivity index (χ0v) is 11.6. The second-order valence-electron chi connectivity index (χ2n) is 4.53. The monoisotopic (exact) mass is 297 g/mol. The normalized spacial score (nSPS) is 22.1. The molecule has 17 heavy (non-hydrogen) atoms. The van der Waals surface area contributed by atoms with Crippen LogP contribution < -0.4 is 10.1 Å². The van der Waals surface area contributed by atoms with Crippen molar-refractivity contribution < 1.29 is 9.53 Å². The Balaban J connectivity index is 1.96. The van der Waals surface area contributed by atoms with Crippen molar-refractivity contribution in [1.29, 1.82) is 0 Å². The first-order chi connectivity index (χ1) is 8.11. The van der Waals surface area contributed by atoms with Crippen molar-refractivity contribution in [3.63, 3.8) is 0 Å². The van der Waals surface area contributed by atoms with E-state index in [1.807, 2.05) is 0 Å². The van der Waals surface area contributed by atoms with E-state index in [9.17, 15) is 4.79 Å². The van der Waals surface area contributed by atoms with Crippen LogP contribution in [0.25, 0.3) is 0 Å². The van der Waals surface area contributed by atoms with E-state index in [2.05, 4.69) is 28.2 Å². The molecule has 1 fully saturated rings. The predicted octanol–water partition coefficient (Wildman–Crippen LogP) is 2.84. The molecule has 0 aliphatic heterocycles. The smallest absolute Gasteiger partial charge is 0.251 e. The summed E-state index contributed by atoms with van der Waals surface area (Å²) in [7, 11) is 1.61. The van der Waals surface area contributed by atoms with Gasteiger partial charge >= 0.3 is 0 Å². The largest absolute Gasteiger partial charge is 0.496 e. The van der Waals surface area contributed by atoms with Gasteiger partial charge in [0.2, 0.25) is 0 Å². The summed E-state index contributed by atoms with van der Waals surface area (Å²) in [6, 6.07) is 5.35. The number of hydrogen-bond acceptors (Lipinski definition) is 2.